The van der Waals surface area contributed by atoms with Crippen molar-refractivity contribution >= 4 is 18.0 Å². The van der Waals surface area contributed by atoms with Gasteiger partial charge in [0.15, 0.2) is 0 Å². The zero-order valence-corrected chi connectivity index (χ0v) is 6.49. The first kappa shape index (κ1) is 6.87. The molecule has 0 amide bonds. The summed E-state index contributed by atoms with van der Waals surface area (Å²) in [7, 11) is 0. The molecule has 0 atom stereocenters. The summed E-state index contributed by atoms with van der Waals surface area (Å²) < 4.78 is 0.0712. The molecule has 0 aromatic rings. The molecule has 0 bridgehead atoms. The third-order valence-corrected chi connectivity index (χ3v) is 2.86. The molecule has 1 aliphatic rings. The van der Waals surface area contributed by atoms with Crippen molar-refractivity contribution in [3.05, 3.63) is 11.6 Å². The van der Waals surface area contributed by atoms with Gasteiger partial charge in [0.1, 0.15) is 6.29 Å². The highest BCUT2D eigenvalue weighted by Gasteiger charge is 2.26. The first-order valence-corrected chi connectivity index (χ1v) is 3.95. The van der Waals surface area contributed by atoms with Crippen molar-refractivity contribution < 1.29 is 4.79 Å². The quantitative estimate of drug-likeness (QED) is 0.518. The fraction of sp³-hybridized carbons (Fsp3) is 0.571. The number of carbonyl (C=O) groups is 1. The summed E-state index contributed by atoms with van der Waals surface area (Å²) in [6, 6.07) is 0. The van der Waals surface area contributed by atoms with Gasteiger partial charge in [-0.2, -0.15) is 0 Å². The van der Waals surface area contributed by atoms with Crippen LogP contribution in [0, 0.1) is 0 Å². The third kappa shape index (κ3) is 1.18. The van der Waals surface area contributed by atoms with E-state index in [0.29, 0.717) is 0 Å². The van der Waals surface area contributed by atoms with Gasteiger partial charge in [-0.15, -0.1) is 11.8 Å². The van der Waals surface area contributed by atoms with Crippen LogP contribution in [0.1, 0.15) is 13.8 Å². The molecular weight excluding hydrogens is 132 g/mol. The van der Waals surface area contributed by atoms with Gasteiger partial charge < -0.3 is 0 Å². The SMILES string of the molecule is CC1(C)SCC=C1C=O. The van der Waals surface area contributed by atoms with Gasteiger partial charge in [0.05, 0.1) is 0 Å². The van der Waals surface area contributed by atoms with E-state index >= 15 is 0 Å². The number of carbonyl (C=O) groups excluding carboxylic acids is 1. The second-order valence-electron chi connectivity index (χ2n) is 2.60. The Kier molecular flexibility index (Phi) is 1.66. The molecule has 0 fully saturated rings. The van der Waals surface area contributed by atoms with E-state index in [1.54, 1.807) is 0 Å². The highest BCUT2D eigenvalue weighted by Crippen LogP contribution is 2.36. The molecule has 1 nitrogen and oxygen atoms in total. The lowest BCUT2D eigenvalue weighted by Gasteiger charge is -2.16. The molecule has 9 heavy (non-hydrogen) atoms. The van der Waals surface area contributed by atoms with Crippen LogP contribution in [0.5, 0.6) is 0 Å². The van der Waals surface area contributed by atoms with Gasteiger partial charge in [-0.25, -0.2) is 0 Å². The number of hydrogen-bond acceptors (Lipinski definition) is 2. The van der Waals surface area contributed by atoms with E-state index in [2.05, 4.69) is 13.8 Å². The Morgan fingerprint density at radius 2 is 2.44 bits per heavy atom. The van der Waals surface area contributed by atoms with Crippen LogP contribution < -0.4 is 0 Å². The molecule has 1 aliphatic heterocycles. The standard InChI is InChI=1S/C7H10OS/c1-7(2)6(5-8)3-4-9-7/h3,5H,4H2,1-2H3. The van der Waals surface area contributed by atoms with E-state index in [1.165, 1.54) is 0 Å². The van der Waals surface area contributed by atoms with Crippen LogP contribution >= 0.6 is 11.8 Å². The first-order chi connectivity index (χ1) is 4.17. The third-order valence-electron chi connectivity index (χ3n) is 1.57. The topological polar surface area (TPSA) is 17.1 Å². The van der Waals surface area contributed by atoms with E-state index < -0.39 is 0 Å². The van der Waals surface area contributed by atoms with Crippen molar-refractivity contribution in [2.75, 3.05) is 5.75 Å². The van der Waals surface area contributed by atoms with Crippen LogP contribution in [0.2, 0.25) is 0 Å². The Bertz CT molecular complexity index is 158. The number of rotatable bonds is 1. The van der Waals surface area contributed by atoms with Crippen LogP contribution in [0.15, 0.2) is 11.6 Å². The summed E-state index contributed by atoms with van der Waals surface area (Å²) in [5, 5.41) is 0. The summed E-state index contributed by atoms with van der Waals surface area (Å²) in [5.41, 5.74) is 0.938. The Morgan fingerprint density at radius 3 is 2.67 bits per heavy atom. The zero-order valence-electron chi connectivity index (χ0n) is 5.68. The number of thioether (sulfide) groups is 1. The number of hydrogen-bond donors (Lipinski definition) is 0. The second-order valence-corrected chi connectivity index (χ2v) is 4.24. The van der Waals surface area contributed by atoms with Gasteiger partial charge in [0.25, 0.3) is 0 Å². The average Bonchev–Trinajstić information content (AvgIpc) is 2.08. The monoisotopic (exact) mass is 142 g/mol. The lowest BCUT2D eigenvalue weighted by molar-refractivity contribution is -0.105. The molecule has 0 aromatic carbocycles. The van der Waals surface area contributed by atoms with E-state index in [1.807, 2.05) is 17.8 Å². The summed E-state index contributed by atoms with van der Waals surface area (Å²) in [6.45, 7) is 4.15. The molecular formula is C7H10OS. The van der Waals surface area contributed by atoms with Crippen LogP contribution in [0.25, 0.3) is 0 Å². The molecule has 0 radical (unpaired) electrons. The molecule has 0 saturated carbocycles. The van der Waals surface area contributed by atoms with Gasteiger partial charge in [-0.05, 0) is 13.8 Å². The van der Waals surface area contributed by atoms with Crippen molar-refractivity contribution in [3.63, 3.8) is 0 Å². The predicted molar refractivity (Wildman–Crippen MR) is 40.7 cm³/mol. The van der Waals surface area contributed by atoms with E-state index in [9.17, 15) is 4.79 Å². The minimum Gasteiger partial charge on any atom is -0.298 e. The molecule has 0 saturated heterocycles. The fourth-order valence-corrected chi connectivity index (χ4v) is 1.84. The molecule has 50 valence electrons. The van der Waals surface area contributed by atoms with Crippen molar-refractivity contribution in [2.45, 2.75) is 18.6 Å². The van der Waals surface area contributed by atoms with E-state index in [4.69, 9.17) is 0 Å². The Balaban J connectivity index is 2.80. The van der Waals surface area contributed by atoms with Crippen molar-refractivity contribution in [2.24, 2.45) is 0 Å². The van der Waals surface area contributed by atoms with Crippen LogP contribution in [0.4, 0.5) is 0 Å². The van der Waals surface area contributed by atoms with Gasteiger partial charge >= 0.3 is 0 Å². The Labute approximate surface area is 59.5 Å². The van der Waals surface area contributed by atoms with Gasteiger partial charge in [0, 0.05) is 16.1 Å². The van der Waals surface area contributed by atoms with Gasteiger partial charge in [-0.1, -0.05) is 6.08 Å². The van der Waals surface area contributed by atoms with Crippen LogP contribution in [-0.4, -0.2) is 16.8 Å². The predicted octanol–water partition coefficient (Wildman–Crippen LogP) is 1.64. The smallest absolute Gasteiger partial charge is 0.147 e. The van der Waals surface area contributed by atoms with E-state index in [-0.39, 0.29) is 4.75 Å². The van der Waals surface area contributed by atoms with Gasteiger partial charge in [0.2, 0.25) is 0 Å². The highest BCUT2D eigenvalue weighted by molar-refractivity contribution is 8.01. The second kappa shape index (κ2) is 2.18. The zero-order chi connectivity index (χ0) is 6.91. The Morgan fingerprint density at radius 1 is 1.78 bits per heavy atom. The maximum absolute atomic E-state index is 10.3. The summed E-state index contributed by atoms with van der Waals surface area (Å²) >= 11 is 1.81. The molecule has 0 N–H and O–H groups in total. The van der Waals surface area contributed by atoms with Crippen molar-refractivity contribution in [1.82, 2.24) is 0 Å². The summed E-state index contributed by atoms with van der Waals surface area (Å²) in [4.78, 5) is 10.3. The molecule has 1 rings (SSSR count). The summed E-state index contributed by atoms with van der Waals surface area (Å²) in [5.74, 6) is 0.987. The van der Waals surface area contributed by atoms with Gasteiger partial charge in [-0.3, -0.25) is 4.79 Å². The van der Waals surface area contributed by atoms with E-state index in [0.717, 1.165) is 17.6 Å². The van der Waals surface area contributed by atoms with Crippen molar-refractivity contribution in [1.29, 1.82) is 0 Å². The molecule has 2 heteroatoms. The molecule has 0 aromatic heterocycles. The molecule has 0 aliphatic carbocycles. The normalized spacial score (nSPS) is 23.6. The Hall–Kier alpha value is -0.240. The van der Waals surface area contributed by atoms with Crippen LogP contribution in [-0.2, 0) is 4.79 Å². The maximum Gasteiger partial charge on any atom is 0.147 e. The van der Waals surface area contributed by atoms with Crippen molar-refractivity contribution in [3.8, 4) is 0 Å². The molecule has 0 spiro atoms. The molecule has 1 heterocycles. The maximum atomic E-state index is 10.3. The summed E-state index contributed by atoms with van der Waals surface area (Å²) in [6.07, 6.45) is 2.96. The number of aldehydes is 1. The molecule has 0 unspecified atom stereocenters. The highest BCUT2D eigenvalue weighted by atomic mass is 32.2. The largest absolute Gasteiger partial charge is 0.298 e. The average molecular weight is 142 g/mol. The fourth-order valence-electron chi connectivity index (χ4n) is 0.859. The minimum atomic E-state index is 0.0712. The lowest BCUT2D eigenvalue weighted by Crippen LogP contribution is -2.14. The minimum absolute atomic E-state index is 0.0712. The van der Waals surface area contributed by atoms with Crippen LogP contribution in [0.3, 0.4) is 0 Å². The first-order valence-electron chi connectivity index (χ1n) is 2.96. The lowest BCUT2D eigenvalue weighted by atomic mass is 10.0.